The fourth-order valence-electron chi connectivity index (χ4n) is 1.75. The molecular weight excluding hydrogens is 204 g/mol. The molecule has 0 saturated heterocycles. The van der Waals surface area contributed by atoms with E-state index in [4.69, 9.17) is 12.2 Å². The first-order chi connectivity index (χ1) is 7.13. The molecule has 15 heavy (non-hydrogen) atoms. The molecule has 0 heterocycles. The van der Waals surface area contributed by atoms with Gasteiger partial charge >= 0.3 is 0 Å². The van der Waals surface area contributed by atoms with Gasteiger partial charge in [-0.3, -0.25) is 0 Å². The summed E-state index contributed by atoms with van der Waals surface area (Å²) in [6.07, 6.45) is 4.20. The molecule has 0 spiro atoms. The minimum Gasteiger partial charge on any atom is -0.362 e. The number of hydrogen-bond acceptors (Lipinski definition) is 1. The van der Waals surface area contributed by atoms with Gasteiger partial charge < -0.3 is 10.2 Å². The van der Waals surface area contributed by atoms with Crippen molar-refractivity contribution in [1.29, 1.82) is 0 Å². The van der Waals surface area contributed by atoms with E-state index in [1.165, 1.54) is 19.3 Å². The van der Waals surface area contributed by atoms with Gasteiger partial charge in [0.15, 0.2) is 5.11 Å². The Morgan fingerprint density at radius 3 is 2.53 bits per heavy atom. The standard InChI is InChI=1S/C12H24N2S/c1-4-14(9-11-6-5-7-11)12(15)13-8-10(2)3/h10-11H,4-9H2,1-3H3,(H,13,15). The van der Waals surface area contributed by atoms with E-state index in [0.717, 1.165) is 30.7 Å². The van der Waals surface area contributed by atoms with E-state index in [1.54, 1.807) is 0 Å². The predicted octanol–water partition coefficient (Wildman–Crippen LogP) is 2.64. The summed E-state index contributed by atoms with van der Waals surface area (Å²) in [5.41, 5.74) is 0. The first kappa shape index (κ1) is 12.8. The van der Waals surface area contributed by atoms with Crippen LogP contribution in [0.5, 0.6) is 0 Å². The van der Waals surface area contributed by atoms with Crippen molar-refractivity contribution >= 4 is 17.3 Å². The molecule has 1 N–H and O–H groups in total. The first-order valence-corrected chi connectivity index (χ1v) is 6.57. The van der Waals surface area contributed by atoms with E-state index in [2.05, 4.69) is 31.0 Å². The molecule has 0 aromatic rings. The smallest absolute Gasteiger partial charge is 0.168 e. The Balaban J connectivity index is 2.25. The topological polar surface area (TPSA) is 15.3 Å². The van der Waals surface area contributed by atoms with Crippen molar-refractivity contribution in [1.82, 2.24) is 10.2 Å². The predicted molar refractivity (Wildman–Crippen MR) is 70.0 cm³/mol. The molecule has 0 radical (unpaired) electrons. The maximum Gasteiger partial charge on any atom is 0.168 e. The SMILES string of the molecule is CCN(CC1CCC1)C(=S)NCC(C)C. The van der Waals surface area contributed by atoms with Gasteiger partial charge in [-0.15, -0.1) is 0 Å². The molecule has 3 heteroatoms. The van der Waals surface area contributed by atoms with Crippen molar-refractivity contribution < 1.29 is 0 Å². The molecular formula is C12H24N2S. The highest BCUT2D eigenvalue weighted by Gasteiger charge is 2.21. The van der Waals surface area contributed by atoms with Gasteiger partial charge in [0.2, 0.25) is 0 Å². The zero-order chi connectivity index (χ0) is 11.3. The van der Waals surface area contributed by atoms with Crippen LogP contribution in [0.4, 0.5) is 0 Å². The molecule has 88 valence electrons. The second kappa shape index (κ2) is 6.31. The van der Waals surface area contributed by atoms with Crippen LogP contribution in [-0.4, -0.2) is 29.6 Å². The van der Waals surface area contributed by atoms with E-state index in [0.29, 0.717) is 5.92 Å². The fourth-order valence-corrected chi connectivity index (χ4v) is 2.03. The molecule has 0 aliphatic heterocycles. The van der Waals surface area contributed by atoms with Crippen LogP contribution in [0.2, 0.25) is 0 Å². The van der Waals surface area contributed by atoms with E-state index >= 15 is 0 Å². The van der Waals surface area contributed by atoms with Crippen LogP contribution in [-0.2, 0) is 0 Å². The van der Waals surface area contributed by atoms with Gasteiger partial charge in [0.05, 0.1) is 0 Å². The maximum absolute atomic E-state index is 5.40. The third kappa shape index (κ3) is 4.37. The second-order valence-electron chi connectivity index (χ2n) is 4.92. The number of hydrogen-bond donors (Lipinski definition) is 1. The van der Waals surface area contributed by atoms with E-state index in [1.807, 2.05) is 0 Å². The average molecular weight is 228 g/mol. The van der Waals surface area contributed by atoms with Gasteiger partial charge in [-0.1, -0.05) is 20.3 Å². The zero-order valence-electron chi connectivity index (χ0n) is 10.3. The molecule has 1 rings (SSSR count). The van der Waals surface area contributed by atoms with Gasteiger partial charge in [-0.05, 0) is 43.8 Å². The minimum absolute atomic E-state index is 0.658. The highest BCUT2D eigenvalue weighted by atomic mass is 32.1. The summed E-state index contributed by atoms with van der Waals surface area (Å²) in [6.45, 7) is 9.76. The largest absolute Gasteiger partial charge is 0.362 e. The van der Waals surface area contributed by atoms with Crippen molar-refractivity contribution in [2.45, 2.75) is 40.0 Å². The summed E-state index contributed by atoms with van der Waals surface area (Å²) in [5, 5.41) is 4.29. The lowest BCUT2D eigenvalue weighted by Gasteiger charge is -2.33. The van der Waals surface area contributed by atoms with Crippen molar-refractivity contribution in [3.63, 3.8) is 0 Å². The Kier molecular flexibility index (Phi) is 5.37. The van der Waals surface area contributed by atoms with Gasteiger partial charge in [-0.2, -0.15) is 0 Å². The second-order valence-corrected chi connectivity index (χ2v) is 5.30. The molecule has 1 saturated carbocycles. The Hall–Kier alpha value is -0.310. The Morgan fingerprint density at radius 1 is 1.47 bits per heavy atom. The first-order valence-electron chi connectivity index (χ1n) is 6.16. The molecule has 1 aliphatic carbocycles. The molecule has 0 bridgehead atoms. The molecule has 0 aromatic carbocycles. The highest BCUT2D eigenvalue weighted by Crippen LogP contribution is 2.26. The number of rotatable bonds is 5. The van der Waals surface area contributed by atoms with E-state index in [9.17, 15) is 0 Å². The summed E-state index contributed by atoms with van der Waals surface area (Å²) in [5.74, 6) is 1.55. The van der Waals surface area contributed by atoms with E-state index in [-0.39, 0.29) is 0 Å². The van der Waals surface area contributed by atoms with Gasteiger partial charge in [0.1, 0.15) is 0 Å². The van der Waals surface area contributed by atoms with Crippen molar-refractivity contribution in [2.24, 2.45) is 11.8 Å². The summed E-state index contributed by atoms with van der Waals surface area (Å²) in [7, 11) is 0. The third-order valence-electron chi connectivity index (χ3n) is 3.03. The monoisotopic (exact) mass is 228 g/mol. The van der Waals surface area contributed by atoms with E-state index < -0.39 is 0 Å². The van der Waals surface area contributed by atoms with Crippen LogP contribution in [0.1, 0.15) is 40.0 Å². The van der Waals surface area contributed by atoms with Crippen molar-refractivity contribution in [2.75, 3.05) is 19.6 Å². The van der Waals surface area contributed by atoms with Gasteiger partial charge in [0, 0.05) is 19.6 Å². The van der Waals surface area contributed by atoms with Gasteiger partial charge in [0.25, 0.3) is 0 Å². The minimum atomic E-state index is 0.658. The lowest BCUT2D eigenvalue weighted by Crippen LogP contribution is -2.44. The highest BCUT2D eigenvalue weighted by molar-refractivity contribution is 7.80. The molecule has 1 fully saturated rings. The maximum atomic E-state index is 5.40. The molecule has 0 atom stereocenters. The third-order valence-corrected chi connectivity index (χ3v) is 3.44. The number of nitrogens with zero attached hydrogens (tertiary/aromatic N) is 1. The Bertz CT molecular complexity index is 200. The van der Waals surface area contributed by atoms with Crippen LogP contribution in [0.3, 0.4) is 0 Å². The summed E-state index contributed by atoms with van der Waals surface area (Å²) in [6, 6.07) is 0. The number of nitrogens with one attached hydrogen (secondary N) is 1. The molecule has 0 aromatic heterocycles. The lowest BCUT2D eigenvalue weighted by atomic mass is 9.85. The van der Waals surface area contributed by atoms with Crippen molar-refractivity contribution in [3.05, 3.63) is 0 Å². The number of thiocarbonyl (C=S) groups is 1. The average Bonchev–Trinajstić information content (AvgIpc) is 2.13. The quantitative estimate of drug-likeness (QED) is 0.728. The summed E-state index contributed by atoms with van der Waals surface area (Å²) < 4.78 is 0. The van der Waals surface area contributed by atoms with Crippen LogP contribution >= 0.6 is 12.2 Å². The van der Waals surface area contributed by atoms with Gasteiger partial charge in [-0.25, -0.2) is 0 Å². The van der Waals surface area contributed by atoms with Crippen LogP contribution < -0.4 is 5.32 Å². The Labute approximate surface area is 99.4 Å². The van der Waals surface area contributed by atoms with Crippen LogP contribution in [0.25, 0.3) is 0 Å². The molecule has 1 aliphatic rings. The zero-order valence-corrected chi connectivity index (χ0v) is 11.1. The summed E-state index contributed by atoms with van der Waals surface area (Å²) >= 11 is 5.40. The fraction of sp³-hybridized carbons (Fsp3) is 0.917. The normalized spacial score (nSPS) is 16.3. The van der Waals surface area contributed by atoms with Crippen molar-refractivity contribution in [3.8, 4) is 0 Å². The van der Waals surface area contributed by atoms with Crippen LogP contribution in [0.15, 0.2) is 0 Å². The summed E-state index contributed by atoms with van der Waals surface area (Å²) in [4.78, 5) is 2.31. The molecule has 0 amide bonds. The molecule has 0 unspecified atom stereocenters. The lowest BCUT2D eigenvalue weighted by molar-refractivity contribution is 0.242. The van der Waals surface area contributed by atoms with Crippen LogP contribution in [0, 0.1) is 11.8 Å². The molecule has 2 nitrogen and oxygen atoms in total. The Morgan fingerprint density at radius 2 is 2.13 bits per heavy atom.